The molecule has 1 aromatic heterocycles. The summed E-state index contributed by atoms with van der Waals surface area (Å²) in [6.07, 6.45) is 1.88. The first kappa shape index (κ1) is 19.2. The average molecular weight is 487 g/mol. The van der Waals surface area contributed by atoms with Crippen molar-refractivity contribution < 1.29 is 0 Å². The van der Waals surface area contributed by atoms with E-state index in [1.807, 2.05) is 54.6 Å². The van der Waals surface area contributed by atoms with Crippen molar-refractivity contribution >= 4 is 61.5 Å². The van der Waals surface area contributed by atoms with Crippen LogP contribution in [-0.4, -0.2) is 4.57 Å². The molecule has 0 unspecified atom stereocenters. The fourth-order valence-corrected chi connectivity index (χ4v) is 3.53. The maximum absolute atomic E-state index is 5.98. The van der Waals surface area contributed by atoms with Crippen LogP contribution in [0.3, 0.4) is 0 Å². The van der Waals surface area contributed by atoms with E-state index >= 15 is 0 Å². The number of allylic oxidation sites excluding steroid dienone is 1. The summed E-state index contributed by atoms with van der Waals surface area (Å²) in [6.45, 7) is 4.56. The van der Waals surface area contributed by atoms with Crippen LogP contribution in [0.5, 0.6) is 0 Å². The largest absolute Gasteiger partial charge is 0.313 e. The summed E-state index contributed by atoms with van der Waals surface area (Å²) < 4.78 is 3.20. The minimum atomic E-state index is 0. The zero-order valence-corrected chi connectivity index (χ0v) is 17.5. The van der Waals surface area contributed by atoms with Crippen molar-refractivity contribution in [3.8, 4) is 11.3 Å². The van der Waals surface area contributed by atoms with Crippen LogP contribution in [0.4, 0.5) is 5.69 Å². The highest BCUT2D eigenvalue weighted by molar-refractivity contribution is 9.10. The molecule has 124 valence electrons. The summed E-state index contributed by atoms with van der Waals surface area (Å²) >= 11 is 11.0. The van der Waals surface area contributed by atoms with E-state index in [1.165, 1.54) is 0 Å². The number of halogens is 3. The normalized spacial score (nSPS) is 11.2. The minimum Gasteiger partial charge on any atom is -0.313 e. The third kappa shape index (κ3) is 4.48. The van der Waals surface area contributed by atoms with E-state index in [-0.39, 0.29) is 17.0 Å². The molecule has 2 aromatic carbocycles. The van der Waals surface area contributed by atoms with E-state index < -0.39 is 0 Å². The first-order valence-electron chi connectivity index (χ1n) is 7.03. The van der Waals surface area contributed by atoms with Crippen molar-refractivity contribution in [2.24, 2.45) is 4.99 Å². The topological polar surface area (TPSA) is 17.3 Å². The number of hydrogen-bond acceptors (Lipinski definition) is 2. The second-order valence-corrected chi connectivity index (χ2v) is 7.09. The Kier molecular flexibility index (Phi) is 7.04. The van der Waals surface area contributed by atoms with Crippen LogP contribution in [0.2, 0.25) is 5.02 Å². The predicted octanol–water partition coefficient (Wildman–Crippen LogP) is 6.63. The van der Waals surface area contributed by atoms with Gasteiger partial charge in [0.25, 0.3) is 0 Å². The zero-order valence-electron chi connectivity index (χ0n) is 12.7. The van der Waals surface area contributed by atoms with Gasteiger partial charge >= 0.3 is 0 Å². The third-order valence-electron chi connectivity index (χ3n) is 3.30. The van der Waals surface area contributed by atoms with Crippen molar-refractivity contribution in [3.05, 3.63) is 80.9 Å². The number of benzene rings is 2. The second kappa shape index (κ2) is 8.81. The number of nitrogens with zero attached hydrogens (tertiary/aromatic N) is 2. The lowest BCUT2D eigenvalue weighted by molar-refractivity contribution is 0.800. The maximum atomic E-state index is 5.98. The van der Waals surface area contributed by atoms with E-state index in [2.05, 4.69) is 32.5 Å². The van der Waals surface area contributed by atoms with Crippen LogP contribution < -0.4 is 4.80 Å². The first-order chi connectivity index (χ1) is 11.2. The molecule has 0 fully saturated rings. The van der Waals surface area contributed by atoms with Crippen LogP contribution in [0.25, 0.3) is 11.3 Å². The molecular formula is C18H15Br2ClN2S. The van der Waals surface area contributed by atoms with Crippen molar-refractivity contribution in [1.29, 1.82) is 0 Å². The average Bonchev–Trinajstić information content (AvgIpc) is 2.94. The molecule has 0 amide bonds. The van der Waals surface area contributed by atoms with E-state index in [0.717, 1.165) is 31.2 Å². The molecule has 0 saturated heterocycles. The number of rotatable bonds is 4. The Labute approximate surface area is 169 Å². The lowest BCUT2D eigenvalue weighted by Gasteiger charge is -2.06. The van der Waals surface area contributed by atoms with Gasteiger partial charge in [-0.05, 0) is 42.0 Å². The zero-order chi connectivity index (χ0) is 16.2. The van der Waals surface area contributed by atoms with Crippen LogP contribution in [0.15, 0.2) is 76.0 Å². The van der Waals surface area contributed by atoms with Gasteiger partial charge in [-0.15, -0.1) is 34.9 Å². The van der Waals surface area contributed by atoms with Crippen molar-refractivity contribution in [2.45, 2.75) is 6.54 Å². The summed E-state index contributed by atoms with van der Waals surface area (Å²) in [5, 5.41) is 2.85. The molecule has 24 heavy (non-hydrogen) atoms. The van der Waals surface area contributed by atoms with E-state index in [0.29, 0.717) is 6.54 Å². The Bertz CT molecular complexity index is 881. The number of hydrogen-bond donors (Lipinski definition) is 0. The Morgan fingerprint density at radius 1 is 1.12 bits per heavy atom. The Balaban J connectivity index is 0.00000208. The quantitative estimate of drug-likeness (QED) is 0.368. The molecule has 0 aliphatic rings. The van der Waals surface area contributed by atoms with Crippen LogP contribution in [0, 0.1) is 0 Å². The molecule has 3 rings (SSSR count). The van der Waals surface area contributed by atoms with Crippen LogP contribution >= 0.6 is 55.8 Å². The lowest BCUT2D eigenvalue weighted by Crippen LogP contribution is -2.14. The summed E-state index contributed by atoms with van der Waals surface area (Å²) in [5.41, 5.74) is 3.16. The highest BCUT2D eigenvalue weighted by Crippen LogP contribution is 2.23. The van der Waals surface area contributed by atoms with E-state index in [4.69, 9.17) is 16.6 Å². The number of thiazole rings is 1. The summed E-state index contributed by atoms with van der Waals surface area (Å²) in [5.74, 6) is 0. The van der Waals surface area contributed by atoms with Crippen molar-refractivity contribution in [1.82, 2.24) is 4.57 Å². The van der Waals surface area contributed by atoms with Crippen molar-refractivity contribution in [2.75, 3.05) is 0 Å². The molecule has 0 spiro atoms. The standard InChI is InChI=1S/C18H14BrClN2S.BrH/c1-2-11-22-17(13-3-7-15(20)8-4-13)12-23-18(22)21-16-9-5-14(19)6-10-16;/h2-10,12H,1,11H2;1H. The Morgan fingerprint density at radius 2 is 1.79 bits per heavy atom. The Morgan fingerprint density at radius 3 is 2.42 bits per heavy atom. The van der Waals surface area contributed by atoms with Crippen LogP contribution in [0.1, 0.15) is 0 Å². The second-order valence-electron chi connectivity index (χ2n) is 4.90. The lowest BCUT2D eigenvalue weighted by atomic mass is 10.2. The summed E-state index contributed by atoms with van der Waals surface area (Å²) in [6, 6.07) is 15.8. The minimum absolute atomic E-state index is 0. The molecule has 6 heteroatoms. The first-order valence-corrected chi connectivity index (χ1v) is 9.08. The van der Waals surface area contributed by atoms with Crippen molar-refractivity contribution in [3.63, 3.8) is 0 Å². The maximum Gasteiger partial charge on any atom is 0.190 e. The van der Waals surface area contributed by atoms with Gasteiger partial charge in [0.1, 0.15) is 0 Å². The fourth-order valence-electron chi connectivity index (χ4n) is 2.20. The Hall–Kier alpha value is -1.14. The summed E-state index contributed by atoms with van der Waals surface area (Å²) in [4.78, 5) is 5.69. The molecule has 0 radical (unpaired) electrons. The van der Waals surface area contributed by atoms with Gasteiger partial charge in [0, 0.05) is 21.4 Å². The molecule has 2 nitrogen and oxygen atoms in total. The predicted molar refractivity (Wildman–Crippen MR) is 113 cm³/mol. The molecule has 0 atom stereocenters. The van der Waals surface area contributed by atoms with Gasteiger partial charge < -0.3 is 4.57 Å². The third-order valence-corrected chi connectivity index (χ3v) is 4.94. The highest BCUT2D eigenvalue weighted by atomic mass is 79.9. The van der Waals surface area contributed by atoms with Gasteiger partial charge in [-0.3, -0.25) is 0 Å². The monoisotopic (exact) mass is 484 g/mol. The van der Waals surface area contributed by atoms with Gasteiger partial charge in [-0.25, -0.2) is 4.99 Å². The molecule has 3 aromatic rings. The van der Waals surface area contributed by atoms with Gasteiger partial charge in [0.15, 0.2) is 4.80 Å². The number of aromatic nitrogens is 1. The molecule has 0 aliphatic carbocycles. The van der Waals surface area contributed by atoms with Gasteiger partial charge in [0.2, 0.25) is 0 Å². The molecule has 1 heterocycles. The molecule has 0 saturated carbocycles. The SMILES string of the molecule is Br.C=CCn1c(-c2ccc(Cl)cc2)csc1=Nc1ccc(Br)cc1. The van der Waals surface area contributed by atoms with Gasteiger partial charge in [-0.1, -0.05) is 45.7 Å². The molecular weight excluding hydrogens is 472 g/mol. The molecule has 0 aliphatic heterocycles. The smallest absolute Gasteiger partial charge is 0.190 e. The van der Waals surface area contributed by atoms with E-state index in [1.54, 1.807) is 11.3 Å². The molecule has 0 N–H and O–H groups in total. The van der Waals surface area contributed by atoms with E-state index in [9.17, 15) is 0 Å². The fraction of sp³-hybridized carbons (Fsp3) is 0.0556. The van der Waals surface area contributed by atoms with Crippen LogP contribution in [-0.2, 0) is 6.54 Å². The van der Waals surface area contributed by atoms with Gasteiger partial charge in [0.05, 0.1) is 11.4 Å². The van der Waals surface area contributed by atoms with Gasteiger partial charge in [-0.2, -0.15) is 0 Å². The highest BCUT2D eigenvalue weighted by Gasteiger charge is 2.07. The molecule has 0 bridgehead atoms. The summed E-state index contributed by atoms with van der Waals surface area (Å²) in [7, 11) is 0.